The van der Waals surface area contributed by atoms with E-state index in [2.05, 4.69) is 19.2 Å². The Bertz CT molecular complexity index is 592. The Morgan fingerprint density at radius 1 is 1.07 bits per heavy atom. The molecule has 0 heterocycles. The molecule has 0 radical (unpaired) electrons. The van der Waals surface area contributed by atoms with Gasteiger partial charge in [-0.25, -0.2) is 0 Å². The van der Waals surface area contributed by atoms with Gasteiger partial charge in [0.25, 0.3) is 0 Å². The molecule has 3 N–H and O–H groups in total. The highest BCUT2D eigenvalue weighted by atomic mass is 16.3. The molecule has 0 aromatic rings. The average molecular weight is 378 g/mol. The van der Waals surface area contributed by atoms with Crippen LogP contribution in [0.3, 0.4) is 0 Å². The number of amides is 1. The third-order valence-electron chi connectivity index (χ3n) is 9.82. The van der Waals surface area contributed by atoms with Gasteiger partial charge in [-0.05, 0) is 98.7 Å². The fourth-order valence-corrected chi connectivity index (χ4v) is 8.52. The van der Waals surface area contributed by atoms with Crippen molar-refractivity contribution < 1.29 is 15.0 Å². The molecule has 0 spiro atoms. The summed E-state index contributed by atoms with van der Waals surface area (Å²) in [6.07, 6.45) is 8.39. The average Bonchev–Trinajstić information content (AvgIpc) is 2.95. The topological polar surface area (TPSA) is 69.6 Å². The quantitative estimate of drug-likeness (QED) is 0.690. The number of carbonyl (C=O) groups is 1. The molecule has 4 aliphatic rings. The molecule has 0 saturated heterocycles. The predicted molar refractivity (Wildman–Crippen MR) is 106 cm³/mol. The van der Waals surface area contributed by atoms with E-state index in [1.54, 1.807) is 6.92 Å². The molecule has 0 aromatic heterocycles. The van der Waals surface area contributed by atoms with Gasteiger partial charge in [0.15, 0.2) is 0 Å². The highest BCUT2D eigenvalue weighted by Gasteiger charge is 2.64. The minimum absolute atomic E-state index is 0.00161. The summed E-state index contributed by atoms with van der Waals surface area (Å²) < 4.78 is 0. The molecule has 27 heavy (non-hydrogen) atoms. The van der Waals surface area contributed by atoms with E-state index in [0.29, 0.717) is 29.1 Å². The Kier molecular flexibility index (Phi) is 4.91. The summed E-state index contributed by atoms with van der Waals surface area (Å²) in [6.45, 7) is 8.42. The second kappa shape index (κ2) is 6.73. The minimum atomic E-state index is -0.315. The molecule has 4 rings (SSSR count). The van der Waals surface area contributed by atoms with Crippen molar-refractivity contribution in [1.29, 1.82) is 0 Å². The molecule has 0 aliphatic heterocycles. The molecule has 154 valence electrons. The number of rotatable bonds is 2. The van der Waals surface area contributed by atoms with Crippen molar-refractivity contribution in [3.63, 3.8) is 0 Å². The molecular formula is C23H39NO3. The smallest absolute Gasteiger partial charge is 0.217 e. The van der Waals surface area contributed by atoms with E-state index >= 15 is 0 Å². The zero-order valence-corrected chi connectivity index (χ0v) is 17.6. The second-order valence-electron chi connectivity index (χ2n) is 10.9. The van der Waals surface area contributed by atoms with Gasteiger partial charge in [0.1, 0.15) is 0 Å². The minimum Gasteiger partial charge on any atom is -0.393 e. The van der Waals surface area contributed by atoms with Gasteiger partial charge >= 0.3 is 0 Å². The van der Waals surface area contributed by atoms with Crippen LogP contribution in [-0.4, -0.2) is 34.4 Å². The summed E-state index contributed by atoms with van der Waals surface area (Å²) in [5, 5.41) is 24.1. The second-order valence-corrected chi connectivity index (χ2v) is 10.9. The van der Waals surface area contributed by atoms with E-state index in [0.717, 1.165) is 32.1 Å². The number of hydrogen-bond acceptors (Lipinski definition) is 3. The number of aliphatic hydroxyl groups is 2. The molecule has 4 heteroatoms. The Morgan fingerprint density at radius 2 is 1.81 bits per heavy atom. The molecule has 4 aliphatic carbocycles. The first kappa shape index (κ1) is 19.7. The summed E-state index contributed by atoms with van der Waals surface area (Å²) in [6, 6.07) is 0.158. The van der Waals surface area contributed by atoms with Gasteiger partial charge < -0.3 is 15.5 Å². The molecule has 1 amide bonds. The summed E-state index contributed by atoms with van der Waals surface area (Å²) in [5.74, 6) is 2.90. The van der Waals surface area contributed by atoms with Crippen LogP contribution in [0.4, 0.5) is 0 Å². The number of nitrogens with one attached hydrogen (secondary N) is 1. The van der Waals surface area contributed by atoms with Crippen molar-refractivity contribution >= 4 is 5.91 Å². The summed E-state index contributed by atoms with van der Waals surface area (Å²) >= 11 is 0. The van der Waals surface area contributed by atoms with Crippen LogP contribution in [0, 0.1) is 40.4 Å². The van der Waals surface area contributed by atoms with Crippen LogP contribution in [-0.2, 0) is 4.79 Å². The molecule has 0 aromatic carbocycles. The van der Waals surface area contributed by atoms with Crippen LogP contribution < -0.4 is 5.32 Å². The Balaban J connectivity index is 1.70. The van der Waals surface area contributed by atoms with Crippen molar-refractivity contribution in [3.8, 4) is 0 Å². The molecule has 4 nitrogen and oxygen atoms in total. The summed E-state index contributed by atoms with van der Waals surface area (Å²) in [7, 11) is 0. The first-order valence-corrected chi connectivity index (χ1v) is 11.3. The van der Waals surface area contributed by atoms with Gasteiger partial charge in [0.05, 0.1) is 12.2 Å². The zero-order chi connectivity index (χ0) is 19.6. The van der Waals surface area contributed by atoms with E-state index in [9.17, 15) is 15.0 Å². The Labute approximate surface area is 164 Å². The van der Waals surface area contributed by atoms with Crippen LogP contribution in [0.1, 0.15) is 79.1 Å². The first-order valence-electron chi connectivity index (χ1n) is 11.3. The van der Waals surface area contributed by atoms with Gasteiger partial charge in [-0.2, -0.15) is 0 Å². The van der Waals surface area contributed by atoms with E-state index in [1.807, 2.05) is 6.92 Å². The van der Waals surface area contributed by atoms with Crippen LogP contribution in [0.5, 0.6) is 0 Å². The molecule has 4 saturated carbocycles. The van der Waals surface area contributed by atoms with Gasteiger partial charge in [0, 0.05) is 13.0 Å². The molecular weight excluding hydrogens is 338 g/mol. The highest BCUT2D eigenvalue weighted by molar-refractivity contribution is 5.73. The van der Waals surface area contributed by atoms with Crippen LogP contribution >= 0.6 is 0 Å². The third kappa shape index (κ3) is 2.88. The van der Waals surface area contributed by atoms with Crippen LogP contribution in [0.15, 0.2) is 0 Å². The van der Waals surface area contributed by atoms with Crippen molar-refractivity contribution in [1.82, 2.24) is 5.32 Å². The Hall–Kier alpha value is -0.610. The van der Waals surface area contributed by atoms with Crippen molar-refractivity contribution in [2.75, 3.05) is 0 Å². The van der Waals surface area contributed by atoms with E-state index in [-0.39, 0.29) is 35.5 Å². The SMILES string of the molecule is CC(=O)N[C@@H]1C[C@@H]2[C@H](CC[C@H]3C[C@@H](O)CC[C@@]32C)[C@H]2CC[C@@H]([C@@H](C)O)[C@]21C. The number of aliphatic hydroxyl groups excluding tert-OH is 2. The van der Waals surface area contributed by atoms with Gasteiger partial charge in [0.2, 0.25) is 5.91 Å². The number of carbonyl (C=O) groups excluding carboxylic acids is 1. The first-order chi connectivity index (χ1) is 12.7. The van der Waals surface area contributed by atoms with Crippen molar-refractivity contribution in [3.05, 3.63) is 0 Å². The lowest BCUT2D eigenvalue weighted by molar-refractivity contribution is -0.149. The summed E-state index contributed by atoms with van der Waals surface area (Å²) in [5.41, 5.74) is 0.293. The zero-order valence-electron chi connectivity index (χ0n) is 17.6. The fraction of sp³-hybridized carbons (Fsp3) is 0.957. The molecule has 10 atom stereocenters. The third-order valence-corrected chi connectivity index (χ3v) is 9.82. The predicted octanol–water partition coefficient (Wildman–Crippen LogP) is 3.50. The van der Waals surface area contributed by atoms with Crippen molar-refractivity contribution in [2.24, 2.45) is 40.4 Å². The van der Waals surface area contributed by atoms with Crippen molar-refractivity contribution in [2.45, 2.75) is 97.3 Å². The highest BCUT2D eigenvalue weighted by Crippen LogP contribution is 2.67. The maximum Gasteiger partial charge on any atom is 0.217 e. The van der Waals surface area contributed by atoms with Crippen LogP contribution in [0.2, 0.25) is 0 Å². The monoisotopic (exact) mass is 377 g/mol. The van der Waals surface area contributed by atoms with Gasteiger partial charge in [-0.3, -0.25) is 4.79 Å². The summed E-state index contributed by atoms with van der Waals surface area (Å²) in [4.78, 5) is 12.1. The standard InChI is InChI=1S/C23H39NO3/c1-13(25)18-7-8-19-17-6-5-15-11-16(27)9-10-22(15,3)20(17)12-21(23(18,19)4)24-14(2)26/h13,15-21,25,27H,5-12H2,1-4H3,(H,24,26)/t13-,15+,16+,17-,18+,19-,20-,21-,22+,23-/m1/s1. The normalized spacial score (nSPS) is 53.0. The number of hydrogen-bond donors (Lipinski definition) is 3. The van der Waals surface area contributed by atoms with E-state index in [1.165, 1.54) is 19.3 Å². The molecule has 0 bridgehead atoms. The number of fused-ring (bicyclic) bond motifs is 5. The Morgan fingerprint density at radius 3 is 2.48 bits per heavy atom. The molecule has 4 fully saturated rings. The van der Waals surface area contributed by atoms with Gasteiger partial charge in [-0.1, -0.05) is 13.8 Å². The lowest BCUT2D eigenvalue weighted by Gasteiger charge is -2.63. The maximum absolute atomic E-state index is 12.1. The largest absolute Gasteiger partial charge is 0.393 e. The van der Waals surface area contributed by atoms with E-state index < -0.39 is 0 Å². The lowest BCUT2D eigenvalue weighted by atomic mass is 9.43. The maximum atomic E-state index is 12.1. The fourth-order valence-electron chi connectivity index (χ4n) is 8.52. The lowest BCUT2D eigenvalue weighted by Crippen LogP contribution is -2.63. The van der Waals surface area contributed by atoms with E-state index in [4.69, 9.17) is 0 Å². The molecule has 0 unspecified atom stereocenters. The van der Waals surface area contributed by atoms with Gasteiger partial charge in [-0.15, -0.1) is 0 Å². The van der Waals surface area contributed by atoms with Crippen LogP contribution in [0.25, 0.3) is 0 Å².